The molecule has 0 fully saturated rings. The van der Waals surface area contributed by atoms with Crippen molar-refractivity contribution >= 4 is 28.3 Å². The molecule has 0 radical (unpaired) electrons. The van der Waals surface area contributed by atoms with Crippen molar-refractivity contribution in [2.24, 2.45) is 0 Å². The first-order valence-electron chi connectivity index (χ1n) is 10.2. The van der Waals surface area contributed by atoms with Crippen molar-refractivity contribution in [3.8, 4) is 16.8 Å². The predicted octanol–water partition coefficient (Wildman–Crippen LogP) is 5.50. The van der Waals surface area contributed by atoms with Crippen molar-refractivity contribution in [3.05, 3.63) is 59.4 Å². The van der Waals surface area contributed by atoms with E-state index in [1.807, 2.05) is 18.2 Å². The Labute approximate surface area is 181 Å². The van der Waals surface area contributed by atoms with E-state index in [1.54, 1.807) is 11.0 Å². The first-order chi connectivity index (χ1) is 14.5. The summed E-state index contributed by atoms with van der Waals surface area (Å²) in [4.78, 5) is 7.23. The lowest BCUT2D eigenvalue weighted by Gasteiger charge is -2.25. The molecule has 2 aromatic carbocycles. The minimum Gasteiger partial charge on any atom is -0.355 e. The molecule has 30 heavy (non-hydrogen) atoms. The molecule has 0 unspecified atom stereocenters. The molecule has 4 aromatic rings. The summed E-state index contributed by atoms with van der Waals surface area (Å²) in [5.41, 5.74) is 5.14. The number of pyridine rings is 1. The van der Waals surface area contributed by atoms with Crippen LogP contribution in [0.15, 0.2) is 48.8 Å². The van der Waals surface area contributed by atoms with Crippen molar-refractivity contribution in [2.75, 3.05) is 18.0 Å². The van der Waals surface area contributed by atoms with Gasteiger partial charge in [-0.15, -0.1) is 5.10 Å². The first kappa shape index (κ1) is 20.3. The largest absolute Gasteiger partial charge is 0.355 e. The second-order valence-electron chi connectivity index (χ2n) is 7.53. The van der Waals surface area contributed by atoms with Gasteiger partial charge < -0.3 is 4.90 Å². The molecular weight excluding hydrogens is 396 g/mol. The number of nitrogens with zero attached hydrogens (tertiary/aromatic N) is 6. The molecule has 2 aromatic heterocycles. The Morgan fingerprint density at radius 3 is 2.53 bits per heavy atom. The number of rotatable bonds is 6. The lowest BCUT2D eigenvalue weighted by atomic mass is 9.94. The molecular formula is C23H25ClN6. The topological polar surface area (TPSA) is 59.7 Å². The lowest BCUT2D eigenvalue weighted by molar-refractivity contribution is 0.773. The highest BCUT2D eigenvalue weighted by molar-refractivity contribution is 6.31. The van der Waals surface area contributed by atoms with Crippen LogP contribution in [-0.4, -0.2) is 38.3 Å². The summed E-state index contributed by atoms with van der Waals surface area (Å²) in [5.74, 6) is 1.27. The van der Waals surface area contributed by atoms with Crippen LogP contribution < -0.4 is 4.90 Å². The molecule has 0 atom stereocenters. The Balaban J connectivity index is 2.16. The molecule has 0 saturated carbocycles. The molecule has 0 saturated heterocycles. The van der Waals surface area contributed by atoms with Crippen LogP contribution in [0.3, 0.4) is 0 Å². The summed E-state index contributed by atoms with van der Waals surface area (Å²) in [6.07, 6.45) is 1.62. The minimum absolute atomic E-state index is 0.417. The van der Waals surface area contributed by atoms with Gasteiger partial charge >= 0.3 is 0 Å². The molecule has 6 nitrogen and oxygen atoms in total. The van der Waals surface area contributed by atoms with Gasteiger partial charge in [-0.05, 0) is 59.5 Å². The van der Waals surface area contributed by atoms with E-state index < -0.39 is 0 Å². The molecule has 154 valence electrons. The van der Waals surface area contributed by atoms with Gasteiger partial charge in [-0.3, -0.25) is 0 Å². The summed E-state index contributed by atoms with van der Waals surface area (Å²) in [6, 6.07) is 14.5. The molecule has 0 spiro atoms. The molecule has 4 rings (SSSR count). The molecule has 2 heterocycles. The van der Waals surface area contributed by atoms with Gasteiger partial charge in [0.1, 0.15) is 12.0 Å². The van der Waals surface area contributed by atoms with E-state index in [9.17, 15) is 0 Å². The van der Waals surface area contributed by atoms with Crippen molar-refractivity contribution in [1.82, 2.24) is 25.2 Å². The fraction of sp³-hybridized carbons (Fsp3) is 0.304. The van der Waals surface area contributed by atoms with Crippen LogP contribution in [0.5, 0.6) is 0 Å². The van der Waals surface area contributed by atoms with Crippen molar-refractivity contribution in [3.63, 3.8) is 0 Å². The molecule has 0 aliphatic carbocycles. The summed E-state index contributed by atoms with van der Waals surface area (Å²) >= 11 is 6.41. The maximum atomic E-state index is 6.41. The van der Waals surface area contributed by atoms with Crippen molar-refractivity contribution in [2.45, 2.75) is 33.6 Å². The number of tetrazole rings is 1. The van der Waals surface area contributed by atoms with Crippen molar-refractivity contribution < 1.29 is 0 Å². The van der Waals surface area contributed by atoms with Crippen LogP contribution in [0.2, 0.25) is 5.02 Å². The molecule has 0 amide bonds. The highest BCUT2D eigenvalue weighted by Crippen LogP contribution is 2.40. The molecule has 7 heteroatoms. The number of fused-ring (bicyclic) bond motifs is 1. The third-order valence-electron chi connectivity index (χ3n) is 5.39. The van der Waals surface area contributed by atoms with Gasteiger partial charge in [0.2, 0.25) is 0 Å². The number of anilines is 1. The average Bonchev–Trinajstić information content (AvgIpc) is 3.28. The molecule has 0 aliphatic rings. The zero-order valence-electron chi connectivity index (χ0n) is 17.7. The standard InChI is InChI=1S/C23H25ClN6/c1-5-29(6-2)23-22(30-14-25-27-28-30)21(17-9-7-8-16(12-17)15(3)4)19-13-18(24)10-11-20(19)26-23/h7-15H,5-6H2,1-4H3. The summed E-state index contributed by atoms with van der Waals surface area (Å²) < 4.78 is 1.71. The first-order valence-corrected chi connectivity index (χ1v) is 10.6. The number of aromatic nitrogens is 5. The van der Waals surface area contributed by atoms with Gasteiger partial charge in [0, 0.05) is 29.1 Å². The highest BCUT2D eigenvalue weighted by Gasteiger charge is 2.23. The molecule has 0 N–H and O–H groups in total. The quantitative estimate of drug-likeness (QED) is 0.412. The normalized spacial score (nSPS) is 11.4. The van der Waals surface area contributed by atoms with Gasteiger partial charge in [-0.1, -0.05) is 49.7 Å². The predicted molar refractivity (Wildman–Crippen MR) is 123 cm³/mol. The van der Waals surface area contributed by atoms with E-state index in [2.05, 4.69) is 72.4 Å². The maximum absolute atomic E-state index is 6.41. The smallest absolute Gasteiger partial charge is 0.156 e. The van der Waals surface area contributed by atoms with Crippen LogP contribution in [0.25, 0.3) is 27.7 Å². The average molecular weight is 421 g/mol. The van der Waals surface area contributed by atoms with Crippen LogP contribution in [0, 0.1) is 0 Å². The van der Waals surface area contributed by atoms with E-state index >= 15 is 0 Å². The van der Waals surface area contributed by atoms with Crippen LogP contribution in [-0.2, 0) is 0 Å². The Kier molecular flexibility index (Phi) is 5.68. The van der Waals surface area contributed by atoms with Gasteiger partial charge in [0.05, 0.1) is 5.52 Å². The van der Waals surface area contributed by atoms with Gasteiger partial charge in [-0.2, -0.15) is 4.68 Å². The zero-order valence-corrected chi connectivity index (χ0v) is 18.4. The number of halogens is 1. The van der Waals surface area contributed by atoms with E-state index in [4.69, 9.17) is 16.6 Å². The number of hydrogen-bond acceptors (Lipinski definition) is 5. The Hall–Kier alpha value is -2.99. The third-order valence-corrected chi connectivity index (χ3v) is 5.62. The van der Waals surface area contributed by atoms with Gasteiger partial charge in [-0.25, -0.2) is 4.98 Å². The zero-order chi connectivity index (χ0) is 21.3. The molecule has 0 aliphatic heterocycles. The van der Waals surface area contributed by atoms with E-state index in [0.717, 1.165) is 46.6 Å². The van der Waals surface area contributed by atoms with Gasteiger partial charge in [0.15, 0.2) is 5.82 Å². The third kappa shape index (κ3) is 3.63. The van der Waals surface area contributed by atoms with Crippen molar-refractivity contribution in [1.29, 1.82) is 0 Å². The molecule has 0 bridgehead atoms. The maximum Gasteiger partial charge on any atom is 0.156 e. The fourth-order valence-electron chi connectivity index (χ4n) is 3.78. The van der Waals surface area contributed by atoms with Crippen LogP contribution in [0.4, 0.5) is 5.82 Å². The van der Waals surface area contributed by atoms with Crippen LogP contribution >= 0.6 is 11.6 Å². The van der Waals surface area contributed by atoms with E-state index in [0.29, 0.717) is 10.9 Å². The fourth-order valence-corrected chi connectivity index (χ4v) is 3.95. The summed E-state index contributed by atoms with van der Waals surface area (Å²) in [7, 11) is 0. The second-order valence-corrected chi connectivity index (χ2v) is 7.96. The lowest BCUT2D eigenvalue weighted by Crippen LogP contribution is -2.25. The summed E-state index contributed by atoms with van der Waals surface area (Å²) in [6.45, 7) is 10.3. The van der Waals surface area contributed by atoms with Gasteiger partial charge in [0.25, 0.3) is 0 Å². The monoisotopic (exact) mass is 420 g/mol. The van der Waals surface area contributed by atoms with E-state index in [-0.39, 0.29) is 0 Å². The highest BCUT2D eigenvalue weighted by atomic mass is 35.5. The Bertz CT molecular complexity index is 1170. The Morgan fingerprint density at radius 1 is 1.07 bits per heavy atom. The minimum atomic E-state index is 0.417. The summed E-state index contributed by atoms with van der Waals surface area (Å²) in [5, 5.41) is 13.7. The Morgan fingerprint density at radius 2 is 1.87 bits per heavy atom. The second kappa shape index (κ2) is 8.40. The number of benzene rings is 2. The SMILES string of the molecule is CCN(CC)c1nc2ccc(Cl)cc2c(-c2cccc(C(C)C)c2)c1-n1cnnn1. The van der Waals surface area contributed by atoms with Crippen LogP contribution in [0.1, 0.15) is 39.2 Å². The number of hydrogen-bond donors (Lipinski definition) is 0. The van der Waals surface area contributed by atoms with E-state index in [1.165, 1.54) is 5.56 Å².